The molecule has 0 N–H and O–H groups in total. The third kappa shape index (κ3) is 6.55. The Bertz CT molecular complexity index is 224. The van der Waals surface area contributed by atoms with E-state index in [4.69, 9.17) is 4.43 Å². The van der Waals surface area contributed by atoms with Gasteiger partial charge in [0.1, 0.15) is 0 Å². The molecule has 0 radical (unpaired) electrons. The molecule has 0 aromatic rings. The van der Waals surface area contributed by atoms with E-state index >= 15 is 0 Å². The van der Waals surface area contributed by atoms with Crippen LogP contribution < -0.4 is 0 Å². The molecule has 1 atom stereocenters. The number of carbonyl (C=O) groups is 1. The Morgan fingerprint density at radius 3 is 2.00 bits per heavy atom. The third-order valence-corrected chi connectivity index (χ3v) is 10.4. The lowest BCUT2D eigenvalue weighted by Crippen LogP contribution is -2.46. The Balaban J connectivity index is 4.66. The summed E-state index contributed by atoms with van der Waals surface area (Å²) < 4.78 is 5.63. The summed E-state index contributed by atoms with van der Waals surface area (Å²) in [5.74, 6) is 0. The van der Waals surface area contributed by atoms with E-state index in [1.807, 2.05) is 0 Å². The van der Waals surface area contributed by atoms with Gasteiger partial charge in [-0.05, 0) is 19.1 Å². The lowest BCUT2D eigenvalue weighted by molar-refractivity contribution is -0.109. The minimum Gasteiger partial charge on any atom is -0.419 e. The standard InChI is InChI=1S/C10H24O2SSi2/c1-9(11)13-10(8-14(3,4)5)15(6,7)12-2/h10H,8H2,1-7H3. The molecule has 0 aliphatic carbocycles. The van der Waals surface area contributed by atoms with Gasteiger partial charge in [-0.3, -0.25) is 4.79 Å². The molecule has 0 heterocycles. The molecule has 15 heavy (non-hydrogen) atoms. The van der Waals surface area contributed by atoms with Gasteiger partial charge >= 0.3 is 0 Å². The first-order valence-electron chi connectivity index (χ1n) is 5.31. The van der Waals surface area contributed by atoms with Gasteiger partial charge < -0.3 is 4.43 Å². The van der Waals surface area contributed by atoms with Crippen molar-refractivity contribution in [1.29, 1.82) is 0 Å². The summed E-state index contributed by atoms with van der Waals surface area (Å²) in [7, 11) is -1.05. The first-order chi connectivity index (χ1) is 6.58. The summed E-state index contributed by atoms with van der Waals surface area (Å²) in [5.41, 5.74) is 0. The Morgan fingerprint density at radius 2 is 1.73 bits per heavy atom. The third-order valence-electron chi connectivity index (χ3n) is 2.41. The zero-order valence-corrected chi connectivity index (χ0v) is 13.8. The maximum Gasteiger partial charge on any atom is 0.199 e. The van der Waals surface area contributed by atoms with Crippen molar-refractivity contribution in [3.63, 3.8) is 0 Å². The fraction of sp³-hybridized carbons (Fsp3) is 0.900. The van der Waals surface area contributed by atoms with Gasteiger partial charge in [0, 0.05) is 27.0 Å². The predicted octanol–water partition coefficient (Wildman–Crippen LogP) is 3.36. The summed E-state index contributed by atoms with van der Waals surface area (Å²) in [6, 6.07) is 1.17. The summed E-state index contributed by atoms with van der Waals surface area (Å²) >= 11 is 1.49. The molecule has 0 aliphatic heterocycles. The van der Waals surface area contributed by atoms with Crippen LogP contribution in [0.5, 0.6) is 0 Å². The number of hydrogen-bond acceptors (Lipinski definition) is 3. The Hall–Kier alpha value is 0.414. The lowest BCUT2D eigenvalue weighted by Gasteiger charge is -2.33. The summed E-state index contributed by atoms with van der Waals surface area (Å²) in [6.07, 6.45) is 0. The van der Waals surface area contributed by atoms with Crippen LogP contribution >= 0.6 is 11.8 Å². The molecule has 1 unspecified atom stereocenters. The Labute approximate surface area is 100 Å². The second-order valence-corrected chi connectivity index (χ2v) is 17.3. The zero-order valence-electron chi connectivity index (χ0n) is 11.0. The van der Waals surface area contributed by atoms with Crippen molar-refractivity contribution < 1.29 is 9.22 Å². The minimum atomic E-state index is -1.70. The van der Waals surface area contributed by atoms with Gasteiger partial charge in [-0.25, -0.2) is 0 Å². The normalized spacial score (nSPS) is 15.1. The van der Waals surface area contributed by atoms with Crippen molar-refractivity contribution in [2.45, 2.75) is 50.6 Å². The Kier molecular flexibility index (Phi) is 5.81. The van der Waals surface area contributed by atoms with E-state index in [9.17, 15) is 4.79 Å². The monoisotopic (exact) mass is 264 g/mol. The van der Waals surface area contributed by atoms with Gasteiger partial charge in [0.05, 0.1) is 0 Å². The zero-order chi connectivity index (χ0) is 12.3. The summed E-state index contributed by atoms with van der Waals surface area (Å²) in [4.78, 5) is 11.7. The molecule has 0 amide bonds. The fourth-order valence-corrected chi connectivity index (χ4v) is 10.7. The van der Waals surface area contributed by atoms with E-state index in [0.717, 1.165) is 0 Å². The lowest BCUT2D eigenvalue weighted by atomic mass is 10.9. The van der Waals surface area contributed by atoms with Crippen LogP contribution in [0.15, 0.2) is 0 Å². The number of rotatable bonds is 5. The van der Waals surface area contributed by atoms with Crippen LogP contribution in [-0.2, 0) is 9.22 Å². The second kappa shape index (κ2) is 5.66. The molecule has 0 aliphatic rings. The van der Waals surface area contributed by atoms with Gasteiger partial charge in [-0.1, -0.05) is 31.4 Å². The SMILES string of the molecule is CO[Si](C)(C)C(C[Si](C)(C)C)SC(C)=O. The van der Waals surface area contributed by atoms with E-state index in [1.165, 1.54) is 17.8 Å². The molecule has 0 bridgehead atoms. The summed E-state index contributed by atoms with van der Waals surface area (Å²) in [6.45, 7) is 13.1. The maximum atomic E-state index is 11.2. The van der Waals surface area contributed by atoms with Crippen molar-refractivity contribution in [2.75, 3.05) is 7.11 Å². The highest BCUT2D eigenvalue weighted by atomic mass is 32.2. The first-order valence-corrected chi connectivity index (χ1v) is 12.9. The van der Waals surface area contributed by atoms with Gasteiger partial charge in [-0.2, -0.15) is 0 Å². The molecule has 2 nitrogen and oxygen atoms in total. The van der Waals surface area contributed by atoms with Gasteiger partial charge in [-0.15, -0.1) is 0 Å². The van der Waals surface area contributed by atoms with Crippen molar-refractivity contribution in [1.82, 2.24) is 0 Å². The van der Waals surface area contributed by atoms with E-state index < -0.39 is 16.4 Å². The van der Waals surface area contributed by atoms with E-state index in [2.05, 4.69) is 32.7 Å². The Morgan fingerprint density at radius 1 is 1.27 bits per heavy atom. The summed E-state index contributed by atoms with van der Waals surface area (Å²) in [5, 5.41) is 0.218. The van der Waals surface area contributed by atoms with Gasteiger partial charge in [0.15, 0.2) is 13.4 Å². The first kappa shape index (κ1) is 15.4. The molecule has 0 fully saturated rings. The molecule has 0 aromatic carbocycles. The van der Waals surface area contributed by atoms with Crippen LogP contribution in [-0.4, -0.2) is 33.5 Å². The molecule has 0 rings (SSSR count). The smallest absolute Gasteiger partial charge is 0.199 e. The van der Waals surface area contributed by atoms with E-state index in [1.54, 1.807) is 14.0 Å². The van der Waals surface area contributed by atoms with Crippen LogP contribution in [0.4, 0.5) is 0 Å². The molecule has 0 saturated heterocycles. The highest BCUT2D eigenvalue weighted by molar-refractivity contribution is 8.15. The van der Waals surface area contributed by atoms with Crippen LogP contribution in [0.2, 0.25) is 38.8 Å². The maximum absolute atomic E-state index is 11.2. The van der Waals surface area contributed by atoms with Crippen LogP contribution in [0, 0.1) is 0 Å². The van der Waals surface area contributed by atoms with Gasteiger partial charge in [0.25, 0.3) is 0 Å². The average Bonchev–Trinajstić information content (AvgIpc) is 1.99. The number of thioether (sulfide) groups is 1. The average molecular weight is 265 g/mol. The second-order valence-electron chi connectivity index (χ2n) is 5.67. The molecule has 0 spiro atoms. The fourth-order valence-electron chi connectivity index (χ4n) is 1.32. The molecule has 0 saturated carbocycles. The highest BCUT2D eigenvalue weighted by Crippen LogP contribution is 2.31. The molecule has 90 valence electrons. The molecule has 5 heteroatoms. The number of hydrogen-bond donors (Lipinski definition) is 0. The minimum absolute atomic E-state index is 0.218. The van der Waals surface area contributed by atoms with Crippen molar-refractivity contribution in [2.24, 2.45) is 0 Å². The van der Waals surface area contributed by atoms with Crippen molar-refractivity contribution in [3.05, 3.63) is 0 Å². The quantitative estimate of drug-likeness (QED) is 0.712. The van der Waals surface area contributed by atoms with E-state index in [-0.39, 0.29) is 5.12 Å². The highest BCUT2D eigenvalue weighted by Gasteiger charge is 2.37. The number of carbonyl (C=O) groups excluding carboxylic acids is 1. The molecular formula is C10H24O2SSi2. The molecule has 0 aromatic heterocycles. The predicted molar refractivity (Wildman–Crippen MR) is 74.7 cm³/mol. The molecular weight excluding hydrogens is 240 g/mol. The van der Waals surface area contributed by atoms with Crippen LogP contribution in [0.1, 0.15) is 6.92 Å². The van der Waals surface area contributed by atoms with E-state index in [0.29, 0.717) is 4.87 Å². The topological polar surface area (TPSA) is 26.3 Å². The van der Waals surface area contributed by atoms with Crippen molar-refractivity contribution >= 4 is 33.3 Å². The van der Waals surface area contributed by atoms with Crippen LogP contribution in [0.3, 0.4) is 0 Å². The van der Waals surface area contributed by atoms with Crippen LogP contribution in [0.25, 0.3) is 0 Å². The van der Waals surface area contributed by atoms with Gasteiger partial charge in [0.2, 0.25) is 0 Å². The van der Waals surface area contributed by atoms with Crippen molar-refractivity contribution in [3.8, 4) is 0 Å². The largest absolute Gasteiger partial charge is 0.419 e.